The summed E-state index contributed by atoms with van der Waals surface area (Å²) >= 11 is 6.48. The number of halogens is 1. The van der Waals surface area contributed by atoms with Gasteiger partial charge in [0.15, 0.2) is 15.7 Å². The van der Waals surface area contributed by atoms with E-state index in [2.05, 4.69) is 32.3 Å². The third-order valence-electron chi connectivity index (χ3n) is 8.42. The number of amides is 2. The van der Waals surface area contributed by atoms with Crippen molar-refractivity contribution in [1.29, 1.82) is 0 Å². The molecular weight excluding hydrogens is 684 g/mol. The van der Waals surface area contributed by atoms with Gasteiger partial charge in [0.05, 0.1) is 23.0 Å². The highest BCUT2D eigenvalue weighted by atomic mass is 35.5. The van der Waals surface area contributed by atoms with E-state index in [0.29, 0.717) is 24.6 Å². The van der Waals surface area contributed by atoms with Crippen LogP contribution >= 0.6 is 11.6 Å². The number of hydrogen-bond donors (Lipinski definition) is 1. The van der Waals surface area contributed by atoms with Gasteiger partial charge in [-0.2, -0.15) is 10.1 Å². The van der Waals surface area contributed by atoms with Gasteiger partial charge in [-0.05, 0) is 60.6 Å². The minimum Gasteiger partial charge on any atom is -0.334 e. The minimum atomic E-state index is -3.49. The summed E-state index contributed by atoms with van der Waals surface area (Å²) in [6, 6.07) is 24.3. The number of aryl methyl sites for hydroxylation is 1. The maximum Gasteiger partial charge on any atom is 0.322 e. The number of sulfone groups is 1. The topological polar surface area (TPSA) is 126 Å². The second-order valence-corrected chi connectivity index (χ2v) is 14.7. The van der Waals surface area contributed by atoms with Gasteiger partial charge in [0.2, 0.25) is 0 Å². The number of urea groups is 1. The molecule has 0 fully saturated rings. The van der Waals surface area contributed by atoms with E-state index in [4.69, 9.17) is 11.6 Å². The highest BCUT2D eigenvalue weighted by Gasteiger charge is 2.20. The van der Waals surface area contributed by atoms with E-state index in [-0.39, 0.29) is 27.8 Å². The smallest absolute Gasteiger partial charge is 0.322 e. The van der Waals surface area contributed by atoms with Crippen molar-refractivity contribution < 1.29 is 13.2 Å². The molecule has 2 amide bonds. The van der Waals surface area contributed by atoms with E-state index in [1.165, 1.54) is 12.5 Å². The number of carbonyl (C=O) groups excluding carboxylic acids is 1. The fourth-order valence-electron chi connectivity index (χ4n) is 5.78. The Bertz CT molecular complexity index is 2050. The predicted octanol–water partition coefficient (Wildman–Crippen LogP) is 8.02. The maximum atomic E-state index is 13.6. The van der Waals surface area contributed by atoms with Crippen LogP contribution in [0.2, 0.25) is 5.02 Å². The lowest BCUT2D eigenvalue weighted by atomic mass is 9.99. The van der Waals surface area contributed by atoms with Crippen molar-refractivity contribution in [2.75, 3.05) is 29.6 Å². The van der Waals surface area contributed by atoms with Gasteiger partial charge in [0.25, 0.3) is 5.95 Å². The summed E-state index contributed by atoms with van der Waals surface area (Å²) in [5.74, 6) is 0.673. The zero-order valence-electron chi connectivity index (χ0n) is 29.3. The Balaban J connectivity index is 1.29. The van der Waals surface area contributed by atoms with Crippen LogP contribution in [0, 0.1) is 5.92 Å². The van der Waals surface area contributed by atoms with Gasteiger partial charge in [-0.25, -0.2) is 23.2 Å². The van der Waals surface area contributed by atoms with Crippen LogP contribution in [0.4, 0.5) is 27.9 Å². The lowest BCUT2D eigenvalue weighted by Crippen LogP contribution is -2.40. The van der Waals surface area contributed by atoms with Gasteiger partial charge in [-0.1, -0.05) is 79.5 Å². The normalized spacial score (nSPS) is 12.2. The fraction of sp³-hybridized carbons (Fsp3) is 0.289. The Morgan fingerprint density at radius 3 is 2.41 bits per heavy atom. The molecule has 5 rings (SSSR count). The molecule has 0 bridgehead atoms. The van der Waals surface area contributed by atoms with Crippen LogP contribution in [0.25, 0.3) is 11.1 Å². The second kappa shape index (κ2) is 17.2. The van der Waals surface area contributed by atoms with Gasteiger partial charge in [-0.3, -0.25) is 9.58 Å². The Kier molecular flexibility index (Phi) is 12.6. The summed E-state index contributed by atoms with van der Waals surface area (Å²) in [6.45, 7) is 3.05. The van der Waals surface area contributed by atoms with Crippen molar-refractivity contribution in [1.82, 2.24) is 25.1 Å². The third kappa shape index (κ3) is 10.0. The lowest BCUT2D eigenvalue weighted by Gasteiger charge is -2.24. The van der Waals surface area contributed by atoms with Gasteiger partial charge < -0.3 is 10.2 Å². The molecule has 11 nitrogen and oxygen atoms in total. The number of anilines is 3. The van der Waals surface area contributed by atoms with Crippen LogP contribution in [0.15, 0.2) is 107 Å². The first-order valence-corrected chi connectivity index (χ1v) is 19.1. The van der Waals surface area contributed by atoms with Gasteiger partial charge in [0.1, 0.15) is 5.02 Å². The molecule has 51 heavy (non-hydrogen) atoms. The average molecular weight is 727 g/mol. The van der Waals surface area contributed by atoms with Crippen molar-refractivity contribution in [2.45, 2.75) is 44.0 Å². The van der Waals surface area contributed by atoms with Crippen molar-refractivity contribution in [3.63, 3.8) is 0 Å². The number of carbonyl (C=O) groups is 1. The molecule has 0 radical (unpaired) electrons. The molecule has 0 aliphatic rings. The predicted molar refractivity (Wildman–Crippen MR) is 205 cm³/mol. The number of hydrogen-bond acceptors (Lipinski definition) is 8. The largest absolute Gasteiger partial charge is 0.334 e. The molecule has 1 atom stereocenters. The van der Waals surface area contributed by atoms with Crippen LogP contribution in [-0.4, -0.2) is 60.3 Å². The molecule has 1 N–H and O–H groups in total. The van der Waals surface area contributed by atoms with Crippen molar-refractivity contribution in [3.05, 3.63) is 108 Å². The van der Waals surface area contributed by atoms with Gasteiger partial charge >= 0.3 is 6.03 Å². The van der Waals surface area contributed by atoms with Gasteiger partial charge in [-0.15, -0.1) is 0 Å². The summed E-state index contributed by atoms with van der Waals surface area (Å²) in [5, 5.41) is 7.62. The number of benzene rings is 3. The van der Waals surface area contributed by atoms with E-state index in [1.54, 1.807) is 45.8 Å². The Morgan fingerprint density at radius 1 is 1.00 bits per heavy atom. The third-order valence-corrected chi connectivity index (χ3v) is 9.83. The molecule has 0 saturated heterocycles. The van der Waals surface area contributed by atoms with Crippen LogP contribution in [0.1, 0.15) is 38.2 Å². The number of nitrogens with one attached hydrogen (secondary N) is 1. The van der Waals surface area contributed by atoms with Gasteiger partial charge in [0, 0.05) is 57.1 Å². The van der Waals surface area contributed by atoms with Crippen LogP contribution in [0.3, 0.4) is 0 Å². The molecule has 0 spiro atoms. The standard InChI is InChI=1S/C38H43ClN8O3S/c1-5-12-28(23-40-37-41-26-33(39)36(44-37)46(3)34-16-9-10-17-35(34)51(4,49)50)15-11-22-47(38(48)42-24-29-13-7-6-8-14-29)32-20-18-30(19-21-32)31-25-43-45(2)27-31/h6-10,13-14,16-21,23,25-28H,5,11-12,15,22,24H2,1-4H3,(H,42,48)/b40-23+. The van der Waals surface area contributed by atoms with Crippen molar-refractivity contribution in [3.8, 4) is 11.1 Å². The number of aliphatic imine (C=N–C) groups is 1. The Morgan fingerprint density at radius 2 is 1.73 bits per heavy atom. The monoisotopic (exact) mass is 726 g/mol. The summed E-state index contributed by atoms with van der Waals surface area (Å²) in [7, 11) is 0.0986. The molecule has 0 aliphatic heterocycles. The fourth-order valence-corrected chi connectivity index (χ4v) is 6.91. The minimum absolute atomic E-state index is 0.114. The molecule has 266 valence electrons. The first-order valence-electron chi connectivity index (χ1n) is 16.8. The quantitative estimate of drug-likeness (QED) is 0.108. The molecule has 0 aliphatic carbocycles. The second-order valence-electron chi connectivity index (χ2n) is 12.4. The average Bonchev–Trinajstić information content (AvgIpc) is 3.57. The van der Waals surface area contributed by atoms with E-state index in [9.17, 15) is 13.2 Å². The number of rotatable bonds is 15. The number of para-hydroxylation sites is 1. The lowest BCUT2D eigenvalue weighted by molar-refractivity contribution is 0.245. The maximum absolute atomic E-state index is 13.6. The van der Waals surface area contributed by atoms with E-state index in [1.807, 2.05) is 80.3 Å². The van der Waals surface area contributed by atoms with Crippen molar-refractivity contribution >= 4 is 56.8 Å². The zero-order valence-corrected chi connectivity index (χ0v) is 30.8. The first-order chi connectivity index (χ1) is 24.5. The molecule has 0 saturated carbocycles. The molecule has 2 heterocycles. The highest BCUT2D eigenvalue weighted by Crippen LogP contribution is 2.33. The van der Waals surface area contributed by atoms with Crippen LogP contribution in [0.5, 0.6) is 0 Å². The van der Waals surface area contributed by atoms with Crippen LogP contribution < -0.4 is 15.1 Å². The first kappa shape index (κ1) is 37.2. The SMILES string of the molecule is CCCC(/C=N/c1ncc(Cl)c(N(C)c2ccccc2S(C)(=O)=O)n1)CCCN(C(=O)NCc1ccccc1)c1ccc(-c2cnn(C)c2)cc1. The molecule has 5 aromatic rings. The summed E-state index contributed by atoms with van der Waals surface area (Å²) in [5.41, 5.74) is 4.30. The molecule has 13 heteroatoms. The van der Waals surface area contributed by atoms with Crippen molar-refractivity contribution in [2.24, 2.45) is 18.0 Å². The number of aromatic nitrogens is 4. The summed E-state index contributed by atoms with van der Waals surface area (Å²) < 4.78 is 26.6. The summed E-state index contributed by atoms with van der Waals surface area (Å²) in [6.07, 6.45) is 11.6. The van der Waals surface area contributed by atoms with E-state index < -0.39 is 9.84 Å². The number of nitrogens with zero attached hydrogens (tertiary/aromatic N) is 7. The van der Waals surface area contributed by atoms with E-state index >= 15 is 0 Å². The highest BCUT2D eigenvalue weighted by molar-refractivity contribution is 7.90. The summed E-state index contributed by atoms with van der Waals surface area (Å²) in [4.78, 5) is 30.7. The Hall–Kier alpha value is -5.07. The van der Waals surface area contributed by atoms with Crippen LogP contribution in [-0.2, 0) is 23.4 Å². The molecule has 3 aromatic carbocycles. The molecule has 1 unspecified atom stereocenters. The Labute approximate surface area is 305 Å². The van der Waals surface area contributed by atoms with E-state index in [0.717, 1.165) is 48.1 Å². The zero-order chi connectivity index (χ0) is 36.4. The molecular formula is C38H43ClN8O3S. The molecule has 2 aromatic heterocycles.